The maximum absolute atomic E-state index is 12.6. The van der Waals surface area contributed by atoms with Crippen LogP contribution in [0.3, 0.4) is 0 Å². The molecule has 8 heteroatoms. The molecule has 0 unspecified atom stereocenters. The molecule has 0 bridgehead atoms. The van der Waals surface area contributed by atoms with E-state index in [0.29, 0.717) is 27.5 Å². The van der Waals surface area contributed by atoms with Gasteiger partial charge >= 0.3 is 0 Å². The highest BCUT2D eigenvalue weighted by atomic mass is 35.5. The maximum Gasteiger partial charge on any atom is 0.269 e. The fourth-order valence-electron chi connectivity index (χ4n) is 3.37. The number of aromatic nitrogens is 2. The SMILES string of the molecule is C[C@@H]1CCc2c(sc3nc(/C(Cl)=C/c4ccc([N+](=O)[O-])cc4)[nH]c(=O)c23)C1. The molecule has 0 fully saturated rings. The van der Waals surface area contributed by atoms with Crippen LogP contribution in [0.4, 0.5) is 5.69 Å². The summed E-state index contributed by atoms with van der Waals surface area (Å²) in [6, 6.07) is 6.01. The number of aromatic amines is 1. The van der Waals surface area contributed by atoms with E-state index in [1.165, 1.54) is 17.0 Å². The van der Waals surface area contributed by atoms with Crippen LogP contribution in [0.1, 0.15) is 35.2 Å². The van der Waals surface area contributed by atoms with Gasteiger partial charge in [0.2, 0.25) is 0 Å². The third-order valence-corrected chi connectivity index (χ3v) is 6.23. The van der Waals surface area contributed by atoms with Gasteiger partial charge in [0.15, 0.2) is 5.82 Å². The third kappa shape index (κ3) is 3.40. The van der Waals surface area contributed by atoms with Crippen molar-refractivity contribution in [2.45, 2.75) is 26.2 Å². The summed E-state index contributed by atoms with van der Waals surface area (Å²) in [6.45, 7) is 2.22. The maximum atomic E-state index is 12.6. The molecule has 6 nitrogen and oxygen atoms in total. The summed E-state index contributed by atoms with van der Waals surface area (Å²) >= 11 is 7.93. The lowest BCUT2D eigenvalue weighted by Gasteiger charge is -2.17. The molecule has 0 spiro atoms. The average molecular weight is 402 g/mol. The average Bonchev–Trinajstić information content (AvgIpc) is 2.99. The van der Waals surface area contributed by atoms with Gasteiger partial charge in [-0.3, -0.25) is 14.9 Å². The molecule has 0 saturated heterocycles. The molecule has 27 heavy (non-hydrogen) atoms. The highest BCUT2D eigenvalue weighted by Crippen LogP contribution is 2.36. The first-order valence-corrected chi connectivity index (χ1v) is 9.78. The quantitative estimate of drug-likeness (QED) is 0.506. The van der Waals surface area contributed by atoms with E-state index in [9.17, 15) is 14.9 Å². The molecule has 0 aliphatic heterocycles. The largest absolute Gasteiger partial charge is 0.305 e. The predicted molar refractivity (Wildman–Crippen MR) is 108 cm³/mol. The van der Waals surface area contributed by atoms with Crippen LogP contribution in [-0.2, 0) is 12.8 Å². The molecule has 1 aliphatic rings. The molecule has 0 radical (unpaired) electrons. The van der Waals surface area contributed by atoms with Crippen LogP contribution < -0.4 is 5.56 Å². The number of nitrogens with one attached hydrogen (secondary N) is 1. The van der Waals surface area contributed by atoms with Crippen LogP contribution >= 0.6 is 22.9 Å². The second-order valence-corrected chi connectivity index (χ2v) is 8.28. The normalized spacial score (nSPS) is 17.1. The van der Waals surface area contributed by atoms with E-state index in [0.717, 1.165) is 24.8 Å². The summed E-state index contributed by atoms with van der Waals surface area (Å²) in [7, 11) is 0. The standard InChI is InChI=1S/C19H16ClN3O3S/c1-10-2-7-13-15(8-10)27-19-16(13)18(24)21-17(22-19)14(20)9-11-3-5-12(6-4-11)23(25)26/h3-6,9-10H,2,7-8H2,1H3,(H,21,22,24)/b14-9-/t10-/m1/s1. The van der Waals surface area contributed by atoms with E-state index < -0.39 is 4.92 Å². The van der Waals surface area contributed by atoms with Crippen LogP contribution in [0.15, 0.2) is 29.1 Å². The Bertz CT molecular complexity index is 1130. The minimum Gasteiger partial charge on any atom is -0.305 e. The number of hydrogen-bond donors (Lipinski definition) is 1. The van der Waals surface area contributed by atoms with E-state index in [1.807, 2.05) is 0 Å². The highest BCUT2D eigenvalue weighted by Gasteiger charge is 2.23. The minimum atomic E-state index is -0.457. The third-order valence-electron chi connectivity index (χ3n) is 4.79. The van der Waals surface area contributed by atoms with Crippen LogP contribution in [0.2, 0.25) is 0 Å². The number of nitro groups is 1. The van der Waals surface area contributed by atoms with Crippen molar-refractivity contribution in [1.82, 2.24) is 9.97 Å². The molecule has 1 N–H and O–H groups in total. The predicted octanol–water partition coefficient (Wildman–Crippen LogP) is 4.75. The number of H-pyrrole nitrogens is 1. The zero-order chi connectivity index (χ0) is 19.1. The Hall–Kier alpha value is -2.51. The molecule has 2 heterocycles. The fraction of sp³-hybridized carbons (Fsp3) is 0.263. The van der Waals surface area contributed by atoms with Gasteiger partial charge in [-0.1, -0.05) is 18.5 Å². The zero-order valence-corrected chi connectivity index (χ0v) is 16.1. The first kappa shape index (κ1) is 17.9. The molecule has 1 aromatic carbocycles. The van der Waals surface area contributed by atoms with Crippen molar-refractivity contribution < 1.29 is 4.92 Å². The number of nitro benzene ring substituents is 1. The molecule has 138 valence electrons. The van der Waals surface area contributed by atoms with E-state index >= 15 is 0 Å². The van der Waals surface area contributed by atoms with Crippen molar-refractivity contribution in [3.8, 4) is 0 Å². The van der Waals surface area contributed by atoms with Crippen LogP contribution in [0.25, 0.3) is 21.3 Å². The first-order chi connectivity index (χ1) is 12.9. The Morgan fingerprint density at radius 1 is 1.41 bits per heavy atom. The molecule has 3 aromatic rings. The number of aryl methyl sites for hydroxylation is 1. The molecule has 1 aliphatic carbocycles. The first-order valence-electron chi connectivity index (χ1n) is 8.59. The van der Waals surface area contributed by atoms with Crippen LogP contribution in [0.5, 0.6) is 0 Å². The van der Waals surface area contributed by atoms with Gasteiger partial charge in [-0.15, -0.1) is 11.3 Å². The van der Waals surface area contributed by atoms with Gasteiger partial charge in [0.25, 0.3) is 11.2 Å². The van der Waals surface area contributed by atoms with E-state index in [2.05, 4.69) is 16.9 Å². The smallest absolute Gasteiger partial charge is 0.269 e. The lowest BCUT2D eigenvalue weighted by molar-refractivity contribution is -0.384. The number of fused-ring (bicyclic) bond motifs is 3. The Kier molecular flexibility index (Phi) is 4.57. The second kappa shape index (κ2) is 6.90. The number of thiophene rings is 1. The monoisotopic (exact) mass is 401 g/mol. The lowest BCUT2D eigenvalue weighted by atomic mass is 9.89. The van der Waals surface area contributed by atoms with Crippen molar-refractivity contribution in [2.75, 3.05) is 0 Å². The minimum absolute atomic E-state index is 0.00891. The Morgan fingerprint density at radius 3 is 2.85 bits per heavy atom. The molecule has 2 aromatic heterocycles. The van der Waals surface area contributed by atoms with Gasteiger partial charge < -0.3 is 4.98 Å². The Balaban J connectivity index is 1.73. The second-order valence-electron chi connectivity index (χ2n) is 6.79. The van der Waals surface area contributed by atoms with Gasteiger partial charge in [-0.25, -0.2) is 4.98 Å². The number of benzene rings is 1. The Morgan fingerprint density at radius 2 is 2.15 bits per heavy atom. The molecular weight excluding hydrogens is 386 g/mol. The summed E-state index contributed by atoms with van der Waals surface area (Å²) in [6.07, 6.45) is 4.61. The molecular formula is C19H16ClN3O3S. The highest BCUT2D eigenvalue weighted by molar-refractivity contribution is 7.18. The van der Waals surface area contributed by atoms with Gasteiger partial charge in [-0.2, -0.15) is 0 Å². The molecule has 0 saturated carbocycles. The topological polar surface area (TPSA) is 88.9 Å². The van der Waals surface area contributed by atoms with Crippen molar-refractivity contribution in [1.29, 1.82) is 0 Å². The van der Waals surface area contributed by atoms with Crippen molar-refractivity contribution in [3.63, 3.8) is 0 Å². The summed E-state index contributed by atoms with van der Waals surface area (Å²) in [4.78, 5) is 32.2. The van der Waals surface area contributed by atoms with Gasteiger partial charge in [-0.05, 0) is 54.5 Å². The number of halogens is 1. The fourth-order valence-corrected chi connectivity index (χ4v) is 4.97. The van der Waals surface area contributed by atoms with E-state index in [1.54, 1.807) is 29.5 Å². The number of nitrogens with zero attached hydrogens (tertiary/aromatic N) is 2. The van der Waals surface area contributed by atoms with Gasteiger partial charge in [0.1, 0.15) is 4.83 Å². The van der Waals surface area contributed by atoms with Crippen molar-refractivity contribution >= 4 is 50.0 Å². The van der Waals surface area contributed by atoms with Crippen LogP contribution in [0, 0.1) is 16.0 Å². The lowest BCUT2D eigenvalue weighted by Crippen LogP contribution is -2.14. The number of hydrogen-bond acceptors (Lipinski definition) is 5. The Labute approximate surface area is 163 Å². The molecule has 4 rings (SSSR count). The number of non-ortho nitro benzene ring substituents is 1. The van der Waals surface area contributed by atoms with Crippen molar-refractivity contribution in [3.05, 3.63) is 66.6 Å². The van der Waals surface area contributed by atoms with Crippen LogP contribution in [-0.4, -0.2) is 14.9 Å². The van der Waals surface area contributed by atoms with Gasteiger partial charge in [0, 0.05) is 17.0 Å². The van der Waals surface area contributed by atoms with E-state index in [4.69, 9.17) is 11.6 Å². The summed E-state index contributed by atoms with van der Waals surface area (Å²) < 4.78 is 0. The van der Waals surface area contributed by atoms with E-state index in [-0.39, 0.29) is 16.3 Å². The molecule has 0 amide bonds. The summed E-state index contributed by atoms with van der Waals surface area (Å²) in [5, 5.41) is 11.7. The van der Waals surface area contributed by atoms with Crippen molar-refractivity contribution in [2.24, 2.45) is 5.92 Å². The summed E-state index contributed by atoms with van der Waals surface area (Å²) in [5.74, 6) is 0.925. The number of rotatable bonds is 3. The zero-order valence-electron chi connectivity index (χ0n) is 14.5. The van der Waals surface area contributed by atoms with Gasteiger partial charge in [0.05, 0.1) is 15.3 Å². The molecule has 1 atom stereocenters. The summed E-state index contributed by atoms with van der Waals surface area (Å²) in [5.41, 5.74) is 1.66.